The molecule has 1 heterocycles. The largest absolute Gasteiger partial charge is 0.382 e. The third-order valence-corrected chi connectivity index (χ3v) is 6.62. The Hall–Kier alpha value is -3.58. The number of rotatable bonds is 9. The quantitative estimate of drug-likeness (QED) is 0.329. The van der Waals surface area contributed by atoms with Crippen LogP contribution in [0.15, 0.2) is 60.7 Å². The summed E-state index contributed by atoms with van der Waals surface area (Å²) in [5.41, 5.74) is 2.78. The van der Waals surface area contributed by atoms with Gasteiger partial charge in [0.25, 0.3) is 5.91 Å². The molecule has 0 aliphatic carbocycles. The lowest BCUT2D eigenvalue weighted by atomic mass is 9.98. The topological polar surface area (TPSA) is 82.7 Å². The molecule has 0 atom stereocenters. The van der Waals surface area contributed by atoms with Gasteiger partial charge in [0.15, 0.2) is 0 Å². The van der Waals surface area contributed by atoms with E-state index in [1.165, 1.54) is 0 Å². The molecule has 7 nitrogen and oxygen atoms in total. The second kappa shape index (κ2) is 12.4. The van der Waals surface area contributed by atoms with Gasteiger partial charge in [0.2, 0.25) is 0 Å². The summed E-state index contributed by atoms with van der Waals surface area (Å²) in [6.07, 6.45) is 2.95. The lowest BCUT2D eigenvalue weighted by molar-refractivity contribution is 0.0944. The first-order valence-electron chi connectivity index (χ1n) is 12.9. The molecule has 3 aromatic carbocycles. The van der Waals surface area contributed by atoms with Crippen LogP contribution in [0.1, 0.15) is 43.5 Å². The van der Waals surface area contributed by atoms with Gasteiger partial charge in [-0.1, -0.05) is 43.3 Å². The van der Waals surface area contributed by atoms with Crippen LogP contribution in [0.25, 0.3) is 10.8 Å². The third-order valence-electron chi connectivity index (χ3n) is 6.62. The van der Waals surface area contributed by atoms with E-state index < -0.39 is 0 Å². The van der Waals surface area contributed by atoms with Crippen LogP contribution in [0.2, 0.25) is 0 Å². The van der Waals surface area contributed by atoms with Crippen LogP contribution < -0.4 is 20.9 Å². The number of hydrogen-bond acceptors (Lipinski definition) is 4. The molecule has 1 aliphatic heterocycles. The van der Waals surface area contributed by atoms with Gasteiger partial charge in [0.05, 0.1) is 11.3 Å². The molecule has 1 aliphatic rings. The fourth-order valence-electron chi connectivity index (χ4n) is 4.56. The number of amides is 3. The van der Waals surface area contributed by atoms with Crippen molar-refractivity contribution < 1.29 is 14.3 Å². The summed E-state index contributed by atoms with van der Waals surface area (Å²) in [6.45, 7) is 7.88. The second-order valence-electron chi connectivity index (χ2n) is 9.31. The first-order valence-corrected chi connectivity index (χ1v) is 12.9. The zero-order valence-electron chi connectivity index (χ0n) is 21.2. The monoisotopic (exact) mass is 488 g/mol. The number of benzene rings is 3. The van der Waals surface area contributed by atoms with Gasteiger partial charge in [-0.15, -0.1) is 0 Å². The van der Waals surface area contributed by atoms with Gasteiger partial charge in [-0.05, 0) is 61.8 Å². The van der Waals surface area contributed by atoms with E-state index in [0.29, 0.717) is 36.9 Å². The minimum absolute atomic E-state index is 0.141. The number of urea groups is 1. The molecule has 1 fully saturated rings. The minimum Gasteiger partial charge on any atom is -0.382 e. The molecular weight excluding hydrogens is 452 g/mol. The van der Waals surface area contributed by atoms with Crippen LogP contribution in [0.3, 0.4) is 0 Å². The van der Waals surface area contributed by atoms with Gasteiger partial charge < -0.3 is 25.6 Å². The van der Waals surface area contributed by atoms with E-state index >= 15 is 0 Å². The van der Waals surface area contributed by atoms with E-state index in [4.69, 9.17) is 4.74 Å². The maximum absolute atomic E-state index is 13.2. The SMILES string of the molecule is CCOCCCNC(=O)c1cc(NC(=O)Nc2cccc3ccccc23)ccc1N1CCC(C)CC1. The van der Waals surface area contributed by atoms with E-state index in [2.05, 4.69) is 27.8 Å². The highest BCUT2D eigenvalue weighted by Crippen LogP contribution is 2.29. The molecule has 0 saturated carbocycles. The average molecular weight is 489 g/mol. The van der Waals surface area contributed by atoms with E-state index in [-0.39, 0.29) is 11.9 Å². The molecule has 36 heavy (non-hydrogen) atoms. The predicted molar refractivity (Wildman–Crippen MR) is 147 cm³/mol. The highest BCUT2D eigenvalue weighted by Gasteiger charge is 2.22. The Bertz CT molecular complexity index is 1180. The summed E-state index contributed by atoms with van der Waals surface area (Å²) in [5.74, 6) is 0.550. The highest BCUT2D eigenvalue weighted by molar-refractivity contribution is 6.07. The molecule has 0 unspecified atom stereocenters. The molecule has 3 N–H and O–H groups in total. The number of anilines is 3. The van der Waals surface area contributed by atoms with E-state index in [0.717, 1.165) is 54.5 Å². The third kappa shape index (κ3) is 6.55. The number of piperidine rings is 1. The minimum atomic E-state index is -0.353. The van der Waals surface area contributed by atoms with Gasteiger partial charge in [-0.3, -0.25) is 4.79 Å². The maximum atomic E-state index is 13.2. The summed E-state index contributed by atoms with van der Waals surface area (Å²) in [6, 6.07) is 18.9. The molecule has 3 aromatic rings. The maximum Gasteiger partial charge on any atom is 0.323 e. The fraction of sp³-hybridized carbons (Fsp3) is 0.379. The zero-order valence-corrected chi connectivity index (χ0v) is 21.2. The van der Waals surface area contributed by atoms with E-state index in [1.54, 1.807) is 6.07 Å². The molecular formula is C29H36N4O3. The number of nitrogens with zero attached hydrogens (tertiary/aromatic N) is 1. The van der Waals surface area contributed by atoms with Crippen molar-refractivity contribution in [2.45, 2.75) is 33.1 Å². The van der Waals surface area contributed by atoms with Crippen molar-refractivity contribution in [2.24, 2.45) is 5.92 Å². The van der Waals surface area contributed by atoms with Crippen molar-refractivity contribution >= 4 is 39.8 Å². The van der Waals surface area contributed by atoms with E-state index in [9.17, 15) is 9.59 Å². The first kappa shape index (κ1) is 25.5. The van der Waals surface area contributed by atoms with Gasteiger partial charge in [-0.25, -0.2) is 4.79 Å². The molecule has 4 rings (SSSR count). The van der Waals surface area contributed by atoms with Crippen molar-refractivity contribution in [3.05, 3.63) is 66.2 Å². The van der Waals surface area contributed by atoms with Crippen molar-refractivity contribution in [1.82, 2.24) is 5.32 Å². The Labute approximate surface area is 213 Å². The summed E-state index contributed by atoms with van der Waals surface area (Å²) >= 11 is 0. The number of hydrogen-bond donors (Lipinski definition) is 3. The lowest BCUT2D eigenvalue weighted by Crippen LogP contribution is -2.35. The van der Waals surface area contributed by atoms with Crippen LogP contribution in [-0.4, -0.2) is 44.8 Å². The Morgan fingerprint density at radius 2 is 1.78 bits per heavy atom. The first-order chi connectivity index (χ1) is 17.5. The normalized spacial score (nSPS) is 14.0. The molecule has 190 valence electrons. The molecule has 0 radical (unpaired) electrons. The highest BCUT2D eigenvalue weighted by atomic mass is 16.5. The van der Waals surface area contributed by atoms with Crippen LogP contribution in [0, 0.1) is 5.92 Å². The Balaban J connectivity index is 1.49. The smallest absolute Gasteiger partial charge is 0.323 e. The molecule has 0 aromatic heterocycles. The number of nitrogens with one attached hydrogen (secondary N) is 3. The Kier molecular flexibility index (Phi) is 8.79. The molecule has 7 heteroatoms. The van der Waals surface area contributed by atoms with Crippen LogP contribution >= 0.6 is 0 Å². The van der Waals surface area contributed by atoms with Gasteiger partial charge in [-0.2, -0.15) is 0 Å². The van der Waals surface area contributed by atoms with Crippen LogP contribution in [-0.2, 0) is 4.74 Å². The summed E-state index contributed by atoms with van der Waals surface area (Å²) in [5, 5.41) is 10.9. The fourth-order valence-corrected chi connectivity index (χ4v) is 4.56. The van der Waals surface area contributed by atoms with Crippen LogP contribution in [0.5, 0.6) is 0 Å². The molecule has 1 saturated heterocycles. The predicted octanol–water partition coefficient (Wildman–Crippen LogP) is 5.88. The number of ether oxygens (including phenoxy) is 1. The average Bonchev–Trinajstić information content (AvgIpc) is 2.89. The van der Waals surface area contributed by atoms with E-state index in [1.807, 2.05) is 61.5 Å². The van der Waals surface area contributed by atoms with Crippen molar-refractivity contribution in [3.8, 4) is 0 Å². The number of carbonyl (C=O) groups excluding carboxylic acids is 2. The summed E-state index contributed by atoms with van der Waals surface area (Å²) in [7, 11) is 0. The molecule has 0 bridgehead atoms. The lowest BCUT2D eigenvalue weighted by Gasteiger charge is -2.33. The van der Waals surface area contributed by atoms with Crippen molar-refractivity contribution in [2.75, 3.05) is 48.4 Å². The number of fused-ring (bicyclic) bond motifs is 1. The van der Waals surface area contributed by atoms with Crippen molar-refractivity contribution in [3.63, 3.8) is 0 Å². The van der Waals surface area contributed by atoms with Gasteiger partial charge >= 0.3 is 6.03 Å². The van der Waals surface area contributed by atoms with Gasteiger partial charge in [0, 0.05) is 49.6 Å². The molecule has 0 spiro atoms. The van der Waals surface area contributed by atoms with Gasteiger partial charge in [0.1, 0.15) is 0 Å². The second-order valence-corrected chi connectivity index (χ2v) is 9.31. The Morgan fingerprint density at radius 1 is 1.00 bits per heavy atom. The number of carbonyl (C=O) groups is 2. The summed E-state index contributed by atoms with van der Waals surface area (Å²) < 4.78 is 5.37. The Morgan fingerprint density at radius 3 is 2.58 bits per heavy atom. The zero-order chi connectivity index (χ0) is 25.3. The molecule has 3 amide bonds. The van der Waals surface area contributed by atoms with Crippen molar-refractivity contribution in [1.29, 1.82) is 0 Å². The summed E-state index contributed by atoms with van der Waals surface area (Å²) in [4.78, 5) is 28.3. The van der Waals surface area contributed by atoms with Crippen LogP contribution in [0.4, 0.5) is 21.9 Å². The standard InChI is InChI=1S/C29H36N4O3/c1-3-36-19-7-16-30-28(34)25-20-23(12-13-27(25)33-17-14-21(2)15-18-33)31-29(35)32-26-11-6-9-22-8-4-5-10-24(22)26/h4-6,8-13,20-21H,3,7,14-19H2,1-2H3,(H,30,34)(H2,31,32,35).